The maximum Gasteiger partial charge on any atom is 0.263 e. The first-order valence-electron chi connectivity index (χ1n) is 8.87. The predicted octanol–water partition coefficient (Wildman–Crippen LogP) is 2.61. The summed E-state index contributed by atoms with van der Waals surface area (Å²) >= 11 is 1.55. The second-order valence-corrected chi connectivity index (χ2v) is 7.74. The van der Waals surface area contributed by atoms with Gasteiger partial charge in [-0.05, 0) is 30.4 Å². The van der Waals surface area contributed by atoms with E-state index in [1.165, 1.54) is 0 Å². The molecule has 2 saturated heterocycles. The molecule has 25 heavy (non-hydrogen) atoms. The molecule has 6 heteroatoms. The van der Waals surface area contributed by atoms with Crippen molar-refractivity contribution in [1.29, 1.82) is 0 Å². The van der Waals surface area contributed by atoms with Gasteiger partial charge in [-0.2, -0.15) is 0 Å². The molecule has 0 aliphatic carbocycles. The summed E-state index contributed by atoms with van der Waals surface area (Å²) in [6, 6.07) is 10.1. The number of morpholine rings is 1. The molecule has 0 N–H and O–H groups in total. The maximum atomic E-state index is 12.8. The number of rotatable bonds is 2. The van der Waals surface area contributed by atoms with Gasteiger partial charge in [0.25, 0.3) is 5.91 Å². The van der Waals surface area contributed by atoms with Crippen molar-refractivity contribution < 1.29 is 14.3 Å². The monoisotopic (exact) mass is 358 g/mol. The molecule has 5 nitrogen and oxygen atoms in total. The molecule has 0 radical (unpaired) electrons. The fourth-order valence-corrected chi connectivity index (χ4v) is 4.65. The van der Waals surface area contributed by atoms with Crippen LogP contribution in [0.25, 0.3) is 10.1 Å². The molecule has 0 spiro atoms. The molecule has 3 heterocycles. The van der Waals surface area contributed by atoms with E-state index < -0.39 is 0 Å². The van der Waals surface area contributed by atoms with Gasteiger partial charge in [0.05, 0.1) is 18.1 Å². The van der Waals surface area contributed by atoms with E-state index in [2.05, 4.69) is 0 Å². The molecule has 2 aliphatic rings. The second-order valence-electron chi connectivity index (χ2n) is 6.65. The van der Waals surface area contributed by atoms with Crippen molar-refractivity contribution in [3.05, 3.63) is 35.2 Å². The number of carbonyl (C=O) groups is 2. The van der Waals surface area contributed by atoms with Crippen molar-refractivity contribution in [2.24, 2.45) is 5.92 Å². The van der Waals surface area contributed by atoms with Crippen LogP contribution < -0.4 is 0 Å². The van der Waals surface area contributed by atoms with Gasteiger partial charge in [-0.3, -0.25) is 9.59 Å². The van der Waals surface area contributed by atoms with Crippen LogP contribution in [-0.4, -0.2) is 61.0 Å². The Morgan fingerprint density at radius 3 is 2.44 bits per heavy atom. The quantitative estimate of drug-likeness (QED) is 0.829. The van der Waals surface area contributed by atoms with E-state index in [9.17, 15) is 9.59 Å². The van der Waals surface area contributed by atoms with Crippen molar-refractivity contribution in [2.45, 2.75) is 12.8 Å². The SMILES string of the molecule is O=C(c1cc2ccccc2s1)N1CCC(C(=O)N2CCOCC2)CC1. The summed E-state index contributed by atoms with van der Waals surface area (Å²) in [5.74, 6) is 0.375. The summed E-state index contributed by atoms with van der Waals surface area (Å²) in [5, 5.41) is 1.12. The minimum atomic E-state index is 0.0459. The lowest BCUT2D eigenvalue weighted by Gasteiger charge is -2.35. The first kappa shape index (κ1) is 16.5. The number of ether oxygens (including phenoxy) is 1. The van der Waals surface area contributed by atoms with Crippen LogP contribution in [0, 0.1) is 5.92 Å². The third-order valence-electron chi connectivity index (χ3n) is 5.09. The standard InChI is InChI=1S/C19H22N2O3S/c22-18(21-9-11-24-12-10-21)14-5-7-20(8-6-14)19(23)17-13-15-3-1-2-4-16(15)25-17/h1-4,13-14H,5-12H2. The highest BCUT2D eigenvalue weighted by Crippen LogP contribution is 2.28. The zero-order chi connectivity index (χ0) is 17.2. The molecule has 0 unspecified atom stereocenters. The minimum absolute atomic E-state index is 0.0459. The van der Waals surface area contributed by atoms with Gasteiger partial charge >= 0.3 is 0 Å². The summed E-state index contributed by atoms with van der Waals surface area (Å²) < 4.78 is 6.46. The lowest BCUT2D eigenvalue weighted by molar-refractivity contribution is -0.141. The fourth-order valence-electron chi connectivity index (χ4n) is 3.61. The Balaban J connectivity index is 1.37. The van der Waals surface area contributed by atoms with Crippen molar-refractivity contribution in [3.8, 4) is 0 Å². The highest BCUT2D eigenvalue weighted by molar-refractivity contribution is 7.20. The number of carbonyl (C=O) groups excluding carboxylic acids is 2. The van der Waals surface area contributed by atoms with E-state index in [0.29, 0.717) is 39.4 Å². The van der Waals surface area contributed by atoms with Crippen LogP contribution in [-0.2, 0) is 9.53 Å². The molecule has 2 aromatic rings. The van der Waals surface area contributed by atoms with E-state index in [-0.39, 0.29) is 17.7 Å². The first-order chi connectivity index (χ1) is 12.2. The lowest BCUT2D eigenvalue weighted by atomic mass is 9.95. The van der Waals surface area contributed by atoms with E-state index in [4.69, 9.17) is 4.74 Å². The smallest absolute Gasteiger partial charge is 0.263 e. The molecule has 2 aliphatic heterocycles. The minimum Gasteiger partial charge on any atom is -0.378 e. The summed E-state index contributed by atoms with van der Waals surface area (Å²) in [4.78, 5) is 30.0. The molecule has 0 bridgehead atoms. The van der Waals surface area contributed by atoms with Gasteiger partial charge in [-0.25, -0.2) is 0 Å². The molecule has 2 fully saturated rings. The molecule has 2 amide bonds. The molecule has 0 saturated carbocycles. The number of thiophene rings is 1. The molecular formula is C19H22N2O3S. The third-order valence-corrected chi connectivity index (χ3v) is 6.19. The summed E-state index contributed by atoms with van der Waals surface area (Å²) in [6.07, 6.45) is 1.51. The van der Waals surface area contributed by atoms with Gasteiger partial charge in [0, 0.05) is 36.8 Å². The van der Waals surface area contributed by atoms with Gasteiger partial charge in [-0.1, -0.05) is 18.2 Å². The molecular weight excluding hydrogens is 336 g/mol. The van der Waals surface area contributed by atoms with Crippen LogP contribution in [0.15, 0.2) is 30.3 Å². The Kier molecular flexibility index (Phi) is 4.72. The van der Waals surface area contributed by atoms with Crippen LogP contribution in [0.5, 0.6) is 0 Å². The number of hydrogen-bond donors (Lipinski definition) is 0. The van der Waals surface area contributed by atoms with Gasteiger partial charge in [0.1, 0.15) is 0 Å². The second kappa shape index (κ2) is 7.14. The molecule has 1 aromatic heterocycles. The van der Waals surface area contributed by atoms with Crippen LogP contribution in [0.4, 0.5) is 0 Å². The highest BCUT2D eigenvalue weighted by Gasteiger charge is 2.31. The number of fused-ring (bicyclic) bond motifs is 1. The Bertz CT molecular complexity index is 741. The van der Waals surface area contributed by atoms with Crippen molar-refractivity contribution >= 4 is 33.2 Å². The Morgan fingerprint density at radius 1 is 1.00 bits per heavy atom. The highest BCUT2D eigenvalue weighted by atomic mass is 32.1. The van der Waals surface area contributed by atoms with Gasteiger partial charge in [0.2, 0.25) is 5.91 Å². The number of nitrogens with zero attached hydrogens (tertiary/aromatic N) is 2. The molecule has 132 valence electrons. The van der Waals surface area contributed by atoms with Crippen molar-refractivity contribution in [3.63, 3.8) is 0 Å². The van der Waals surface area contributed by atoms with Crippen molar-refractivity contribution in [2.75, 3.05) is 39.4 Å². The Labute approximate surface area is 151 Å². The van der Waals surface area contributed by atoms with E-state index in [1.54, 1.807) is 11.3 Å². The molecule has 4 rings (SSSR count). The number of piperidine rings is 1. The predicted molar refractivity (Wildman–Crippen MR) is 97.9 cm³/mol. The summed E-state index contributed by atoms with van der Waals surface area (Å²) in [7, 11) is 0. The molecule has 1 aromatic carbocycles. The molecule has 0 atom stereocenters. The number of benzene rings is 1. The fraction of sp³-hybridized carbons (Fsp3) is 0.474. The summed E-state index contributed by atoms with van der Waals surface area (Å²) in [6.45, 7) is 3.98. The van der Waals surface area contributed by atoms with Gasteiger partial charge < -0.3 is 14.5 Å². The zero-order valence-electron chi connectivity index (χ0n) is 14.1. The average molecular weight is 358 g/mol. The third kappa shape index (κ3) is 3.41. The number of amides is 2. The van der Waals surface area contributed by atoms with Gasteiger partial charge in [0.15, 0.2) is 0 Å². The normalized spacial score (nSPS) is 19.4. The van der Waals surface area contributed by atoms with E-state index in [1.807, 2.05) is 40.1 Å². The van der Waals surface area contributed by atoms with Crippen LogP contribution in [0.1, 0.15) is 22.5 Å². The van der Waals surface area contributed by atoms with E-state index in [0.717, 1.165) is 27.8 Å². The van der Waals surface area contributed by atoms with Crippen LogP contribution in [0.2, 0.25) is 0 Å². The zero-order valence-corrected chi connectivity index (χ0v) is 15.0. The largest absolute Gasteiger partial charge is 0.378 e. The Hall–Kier alpha value is -1.92. The van der Waals surface area contributed by atoms with E-state index >= 15 is 0 Å². The first-order valence-corrected chi connectivity index (χ1v) is 9.68. The van der Waals surface area contributed by atoms with Crippen molar-refractivity contribution in [1.82, 2.24) is 9.80 Å². The number of likely N-dealkylation sites (tertiary alicyclic amines) is 1. The Morgan fingerprint density at radius 2 is 1.72 bits per heavy atom. The van der Waals surface area contributed by atoms with Crippen LogP contribution in [0.3, 0.4) is 0 Å². The van der Waals surface area contributed by atoms with Gasteiger partial charge in [-0.15, -0.1) is 11.3 Å². The maximum absolute atomic E-state index is 12.8. The topological polar surface area (TPSA) is 49.9 Å². The lowest BCUT2D eigenvalue weighted by Crippen LogP contribution is -2.47. The van der Waals surface area contributed by atoms with Crippen LogP contribution >= 0.6 is 11.3 Å². The number of hydrogen-bond acceptors (Lipinski definition) is 4. The average Bonchev–Trinajstić information content (AvgIpc) is 3.12. The summed E-state index contributed by atoms with van der Waals surface area (Å²) in [5.41, 5.74) is 0.